The van der Waals surface area contributed by atoms with Gasteiger partial charge in [0.05, 0.1) is 12.6 Å². The highest BCUT2D eigenvalue weighted by Crippen LogP contribution is 2.14. The third-order valence-electron chi connectivity index (χ3n) is 2.73. The lowest BCUT2D eigenvalue weighted by molar-refractivity contribution is -0.129. The first-order chi connectivity index (χ1) is 7.06. The summed E-state index contributed by atoms with van der Waals surface area (Å²) in [5, 5.41) is 0. The lowest BCUT2D eigenvalue weighted by atomic mass is 10.0. The van der Waals surface area contributed by atoms with Crippen LogP contribution in [0.25, 0.3) is 0 Å². The van der Waals surface area contributed by atoms with Gasteiger partial charge in [0.2, 0.25) is 5.91 Å². The smallest absolute Gasteiger partial charge is 0.416 e. The molecule has 1 rings (SSSR count). The first kappa shape index (κ1) is 12.0. The quantitative estimate of drug-likeness (QED) is 0.702. The highest BCUT2D eigenvalue weighted by Gasteiger charge is 2.29. The van der Waals surface area contributed by atoms with Gasteiger partial charge in [0.25, 0.3) is 0 Å². The number of ether oxygens (including phenoxy) is 2. The van der Waals surface area contributed by atoms with E-state index in [2.05, 4.69) is 4.74 Å². The number of carbonyl (C=O) groups is 2. The first-order valence-corrected chi connectivity index (χ1v) is 5.06. The molecule has 2 atom stereocenters. The minimum absolute atomic E-state index is 0.00701. The monoisotopic (exact) mass is 215 g/mol. The average Bonchev–Trinajstić information content (AvgIpc) is 2.63. The van der Waals surface area contributed by atoms with Gasteiger partial charge < -0.3 is 9.47 Å². The molecule has 1 saturated heterocycles. The minimum atomic E-state index is -0.530. The number of nitrogens with zero attached hydrogens (tertiary/aromatic N) is 1. The molecule has 0 bridgehead atoms. The normalized spacial score (nSPS) is 19.9. The summed E-state index contributed by atoms with van der Waals surface area (Å²) in [7, 11) is 1.61. The Balaban J connectivity index is 2.44. The van der Waals surface area contributed by atoms with Crippen LogP contribution < -0.4 is 0 Å². The zero-order chi connectivity index (χ0) is 11.4. The molecule has 0 spiro atoms. The second-order valence-corrected chi connectivity index (χ2v) is 3.78. The highest BCUT2D eigenvalue weighted by molar-refractivity contribution is 5.93. The highest BCUT2D eigenvalue weighted by atomic mass is 16.6. The molecule has 1 aliphatic heterocycles. The number of carbonyl (C=O) groups excluding carboxylic acids is 2. The second kappa shape index (κ2) is 5.11. The van der Waals surface area contributed by atoms with Crippen LogP contribution in [0.5, 0.6) is 0 Å². The molecule has 0 aromatic carbocycles. The molecule has 1 aliphatic rings. The number of rotatable bonds is 4. The van der Waals surface area contributed by atoms with Crippen LogP contribution in [0.15, 0.2) is 0 Å². The van der Waals surface area contributed by atoms with Crippen molar-refractivity contribution in [2.75, 3.05) is 20.3 Å². The van der Waals surface area contributed by atoms with E-state index in [-0.39, 0.29) is 17.9 Å². The average molecular weight is 215 g/mol. The largest absolute Gasteiger partial charge is 0.447 e. The lowest BCUT2D eigenvalue weighted by Gasteiger charge is -2.19. The van der Waals surface area contributed by atoms with Crippen LogP contribution in [0.1, 0.15) is 20.3 Å². The fourth-order valence-electron chi connectivity index (χ4n) is 1.40. The summed E-state index contributed by atoms with van der Waals surface area (Å²) >= 11 is 0. The van der Waals surface area contributed by atoms with Gasteiger partial charge in [-0.3, -0.25) is 4.79 Å². The van der Waals surface area contributed by atoms with Gasteiger partial charge >= 0.3 is 6.09 Å². The number of methoxy groups -OCH3 is 1. The number of hydrogen-bond acceptors (Lipinski definition) is 4. The zero-order valence-corrected chi connectivity index (χ0v) is 9.36. The molecule has 0 aliphatic carbocycles. The summed E-state index contributed by atoms with van der Waals surface area (Å²) in [5.74, 6) is -0.0928. The molecule has 0 radical (unpaired) electrons. The van der Waals surface area contributed by atoms with Crippen molar-refractivity contribution in [2.45, 2.75) is 26.4 Å². The number of hydrogen-bond donors (Lipinski definition) is 0. The molecule has 5 heteroatoms. The summed E-state index contributed by atoms with van der Waals surface area (Å²) in [6.45, 7) is 4.50. The minimum Gasteiger partial charge on any atom is -0.447 e. The third kappa shape index (κ3) is 2.92. The Morgan fingerprint density at radius 1 is 1.60 bits per heavy atom. The van der Waals surface area contributed by atoms with E-state index in [1.807, 2.05) is 13.8 Å². The fraction of sp³-hybridized carbons (Fsp3) is 0.800. The van der Waals surface area contributed by atoms with Crippen molar-refractivity contribution in [2.24, 2.45) is 5.92 Å². The maximum atomic E-state index is 11.7. The van der Waals surface area contributed by atoms with Crippen LogP contribution in [-0.2, 0) is 14.3 Å². The van der Waals surface area contributed by atoms with Gasteiger partial charge in [-0.2, -0.15) is 0 Å². The Morgan fingerprint density at radius 2 is 2.27 bits per heavy atom. The van der Waals surface area contributed by atoms with E-state index in [1.165, 1.54) is 0 Å². The Morgan fingerprint density at radius 3 is 2.73 bits per heavy atom. The summed E-state index contributed by atoms with van der Waals surface area (Å²) in [6, 6.07) is 0. The number of imide groups is 1. The van der Waals surface area contributed by atoms with Crippen molar-refractivity contribution in [1.82, 2.24) is 4.90 Å². The standard InChI is InChI=1S/C10H17NO4/c1-7(8(2)14-3)6-9(12)11-4-5-15-10(11)13/h7-8H,4-6H2,1-3H3/t7-,8+/m1/s1. The number of cyclic esters (lactones) is 1. The molecule has 0 unspecified atom stereocenters. The van der Waals surface area contributed by atoms with Crippen LogP contribution in [0, 0.1) is 5.92 Å². The molecule has 1 heterocycles. The van der Waals surface area contributed by atoms with Crippen LogP contribution >= 0.6 is 0 Å². The summed E-state index contributed by atoms with van der Waals surface area (Å²) < 4.78 is 9.81. The Hall–Kier alpha value is -1.10. The molecule has 15 heavy (non-hydrogen) atoms. The predicted molar refractivity (Wildman–Crippen MR) is 53.3 cm³/mol. The van der Waals surface area contributed by atoms with Crippen molar-refractivity contribution in [3.05, 3.63) is 0 Å². The van der Waals surface area contributed by atoms with Crippen molar-refractivity contribution in [3.8, 4) is 0 Å². The third-order valence-corrected chi connectivity index (χ3v) is 2.73. The van der Waals surface area contributed by atoms with E-state index in [9.17, 15) is 9.59 Å². The zero-order valence-electron chi connectivity index (χ0n) is 9.36. The summed E-state index contributed by atoms with van der Waals surface area (Å²) in [5.41, 5.74) is 0. The van der Waals surface area contributed by atoms with E-state index in [0.717, 1.165) is 4.90 Å². The maximum Gasteiger partial charge on any atom is 0.416 e. The topological polar surface area (TPSA) is 55.8 Å². The molecule has 86 valence electrons. The van der Waals surface area contributed by atoms with Gasteiger partial charge in [-0.1, -0.05) is 6.92 Å². The van der Waals surface area contributed by atoms with Gasteiger partial charge in [0.15, 0.2) is 0 Å². The van der Waals surface area contributed by atoms with Gasteiger partial charge in [-0.15, -0.1) is 0 Å². The summed E-state index contributed by atoms with van der Waals surface area (Å²) in [4.78, 5) is 23.9. The van der Waals surface area contributed by atoms with Crippen LogP contribution in [-0.4, -0.2) is 43.3 Å². The van der Waals surface area contributed by atoms with Crippen molar-refractivity contribution < 1.29 is 19.1 Å². The van der Waals surface area contributed by atoms with E-state index in [0.29, 0.717) is 19.6 Å². The van der Waals surface area contributed by atoms with Crippen LogP contribution in [0.2, 0.25) is 0 Å². The van der Waals surface area contributed by atoms with Crippen molar-refractivity contribution >= 4 is 12.0 Å². The Bertz CT molecular complexity index is 254. The van der Waals surface area contributed by atoms with E-state index >= 15 is 0 Å². The molecule has 0 aromatic heterocycles. The van der Waals surface area contributed by atoms with E-state index in [4.69, 9.17) is 4.74 Å². The van der Waals surface area contributed by atoms with Gasteiger partial charge in [0.1, 0.15) is 6.61 Å². The predicted octanol–water partition coefficient (Wildman–Crippen LogP) is 1.03. The first-order valence-electron chi connectivity index (χ1n) is 5.06. The van der Waals surface area contributed by atoms with Crippen molar-refractivity contribution in [1.29, 1.82) is 0 Å². The molecule has 0 aromatic rings. The van der Waals surface area contributed by atoms with Crippen LogP contribution in [0.3, 0.4) is 0 Å². The molecule has 0 saturated carbocycles. The molecule has 0 N–H and O–H groups in total. The molecule has 1 fully saturated rings. The molecular formula is C10H17NO4. The van der Waals surface area contributed by atoms with Gasteiger partial charge in [-0.25, -0.2) is 9.69 Å². The van der Waals surface area contributed by atoms with Gasteiger partial charge in [-0.05, 0) is 12.8 Å². The summed E-state index contributed by atoms with van der Waals surface area (Å²) in [6.07, 6.45) is -0.214. The Labute approximate surface area is 89.3 Å². The van der Waals surface area contributed by atoms with Crippen molar-refractivity contribution in [3.63, 3.8) is 0 Å². The molecule has 5 nitrogen and oxygen atoms in total. The second-order valence-electron chi connectivity index (χ2n) is 3.78. The van der Waals surface area contributed by atoms with Crippen LogP contribution in [0.4, 0.5) is 4.79 Å². The number of amides is 2. The van der Waals surface area contributed by atoms with E-state index in [1.54, 1.807) is 7.11 Å². The maximum absolute atomic E-state index is 11.7. The SMILES string of the molecule is CO[C@@H](C)[C@H](C)CC(=O)N1CCOC1=O. The lowest BCUT2D eigenvalue weighted by Crippen LogP contribution is -2.34. The van der Waals surface area contributed by atoms with Gasteiger partial charge in [0, 0.05) is 13.5 Å². The van der Waals surface area contributed by atoms with E-state index < -0.39 is 6.09 Å². The molecular weight excluding hydrogens is 198 g/mol. The Kier molecular flexibility index (Phi) is 4.08. The fourth-order valence-corrected chi connectivity index (χ4v) is 1.40. The molecule has 2 amide bonds.